The molecule has 0 spiro atoms. The van der Waals surface area contributed by atoms with Gasteiger partial charge in [0, 0.05) is 32.1 Å². The second-order valence-corrected chi connectivity index (χ2v) is 4.80. The highest BCUT2D eigenvalue weighted by atomic mass is 16.3. The first-order valence-corrected chi connectivity index (χ1v) is 6.37. The molecule has 2 amide bonds. The predicted octanol–water partition coefficient (Wildman–Crippen LogP) is 0.529. The number of carbonyl (C=O) groups is 2. The monoisotopic (exact) mass is 262 g/mol. The Labute approximate surface area is 112 Å². The molecule has 2 N–H and O–H groups in total. The predicted molar refractivity (Wildman–Crippen MR) is 70.5 cm³/mol. The van der Waals surface area contributed by atoms with Crippen LogP contribution >= 0.6 is 0 Å². The van der Waals surface area contributed by atoms with Gasteiger partial charge in [-0.15, -0.1) is 0 Å². The van der Waals surface area contributed by atoms with E-state index in [0.717, 1.165) is 5.56 Å². The number of rotatable bonds is 3. The average molecular weight is 262 g/mol. The molecule has 1 fully saturated rings. The third kappa shape index (κ3) is 3.54. The number of aliphatic hydroxyl groups excluding tert-OH is 1. The molecule has 1 aromatic rings. The number of benzene rings is 1. The minimum absolute atomic E-state index is 0.0531. The van der Waals surface area contributed by atoms with Crippen LogP contribution in [-0.4, -0.2) is 41.0 Å². The first-order chi connectivity index (χ1) is 9.06. The molecule has 102 valence electrons. The topological polar surface area (TPSA) is 69.6 Å². The van der Waals surface area contributed by atoms with Crippen LogP contribution in [-0.2, 0) is 11.3 Å². The van der Waals surface area contributed by atoms with E-state index in [9.17, 15) is 14.7 Å². The Bertz CT molecular complexity index is 470. The summed E-state index contributed by atoms with van der Waals surface area (Å²) in [6, 6.07) is 7.17. The van der Waals surface area contributed by atoms with Gasteiger partial charge in [0.25, 0.3) is 5.91 Å². The molecular formula is C14H18N2O3. The Hall–Kier alpha value is -1.88. The molecule has 0 unspecified atom stereocenters. The molecule has 1 saturated heterocycles. The van der Waals surface area contributed by atoms with Crippen molar-refractivity contribution in [2.24, 2.45) is 0 Å². The number of carbonyl (C=O) groups excluding carboxylic acids is 2. The van der Waals surface area contributed by atoms with Crippen LogP contribution in [0.1, 0.15) is 29.3 Å². The van der Waals surface area contributed by atoms with Crippen LogP contribution in [0.15, 0.2) is 24.3 Å². The Morgan fingerprint density at radius 2 is 2.05 bits per heavy atom. The van der Waals surface area contributed by atoms with Gasteiger partial charge in [-0.05, 0) is 24.1 Å². The van der Waals surface area contributed by atoms with E-state index in [1.54, 1.807) is 17.0 Å². The van der Waals surface area contributed by atoms with E-state index < -0.39 is 6.10 Å². The lowest BCUT2D eigenvalue weighted by molar-refractivity contribution is -0.119. The summed E-state index contributed by atoms with van der Waals surface area (Å²) in [5.74, 6) is -0.131. The highest BCUT2D eigenvalue weighted by Gasteiger charge is 2.25. The lowest BCUT2D eigenvalue weighted by Gasteiger charge is -2.15. The normalized spacial score (nSPS) is 18.4. The van der Waals surface area contributed by atoms with Crippen LogP contribution in [0.2, 0.25) is 0 Å². The summed E-state index contributed by atoms with van der Waals surface area (Å²) in [5, 5.41) is 12.1. The van der Waals surface area contributed by atoms with E-state index >= 15 is 0 Å². The molecule has 19 heavy (non-hydrogen) atoms. The largest absolute Gasteiger partial charge is 0.391 e. The summed E-state index contributed by atoms with van der Waals surface area (Å²) in [5.41, 5.74) is 1.56. The van der Waals surface area contributed by atoms with Gasteiger partial charge in [0.1, 0.15) is 0 Å². The fourth-order valence-electron chi connectivity index (χ4n) is 2.10. The van der Waals surface area contributed by atoms with Crippen molar-refractivity contribution in [2.45, 2.75) is 26.0 Å². The zero-order chi connectivity index (χ0) is 13.8. The lowest BCUT2D eigenvalue weighted by Crippen LogP contribution is -2.29. The average Bonchev–Trinajstić information content (AvgIpc) is 2.83. The molecule has 0 aliphatic carbocycles. The molecule has 0 bridgehead atoms. The number of amides is 2. The second-order valence-electron chi connectivity index (χ2n) is 4.80. The molecule has 0 aromatic heterocycles. The van der Waals surface area contributed by atoms with Crippen LogP contribution in [0.5, 0.6) is 0 Å². The van der Waals surface area contributed by atoms with E-state index in [0.29, 0.717) is 31.6 Å². The third-order valence-electron chi connectivity index (χ3n) is 3.19. The van der Waals surface area contributed by atoms with Gasteiger partial charge < -0.3 is 15.3 Å². The van der Waals surface area contributed by atoms with Crippen LogP contribution in [0.4, 0.5) is 0 Å². The first kappa shape index (κ1) is 13.5. The molecule has 1 aliphatic heterocycles. The molecular weight excluding hydrogens is 244 g/mol. The molecule has 1 heterocycles. The molecule has 1 aliphatic rings. The zero-order valence-corrected chi connectivity index (χ0v) is 10.9. The molecule has 0 radical (unpaired) electrons. The quantitative estimate of drug-likeness (QED) is 0.835. The number of aliphatic hydroxyl groups is 1. The highest BCUT2D eigenvalue weighted by Crippen LogP contribution is 2.14. The van der Waals surface area contributed by atoms with Gasteiger partial charge in [0.15, 0.2) is 0 Å². The van der Waals surface area contributed by atoms with E-state index in [-0.39, 0.29) is 11.8 Å². The van der Waals surface area contributed by atoms with Crippen molar-refractivity contribution in [1.82, 2.24) is 10.2 Å². The first-order valence-electron chi connectivity index (χ1n) is 6.37. The fraction of sp³-hybridized carbons (Fsp3) is 0.429. The summed E-state index contributed by atoms with van der Waals surface area (Å²) in [6.07, 6.45) is 0.245. The van der Waals surface area contributed by atoms with Gasteiger partial charge in [-0.1, -0.05) is 12.1 Å². The van der Waals surface area contributed by atoms with Crippen molar-refractivity contribution in [3.8, 4) is 0 Å². The summed E-state index contributed by atoms with van der Waals surface area (Å²) in [6.45, 7) is 2.95. The van der Waals surface area contributed by atoms with Crippen molar-refractivity contribution >= 4 is 11.8 Å². The maximum absolute atomic E-state index is 12.1. The van der Waals surface area contributed by atoms with Crippen LogP contribution in [0.25, 0.3) is 0 Å². The number of β-amino-alcohol motifs (C(OH)–C–C–N with tert-alkyl or cyclic N) is 1. The van der Waals surface area contributed by atoms with Gasteiger partial charge in [0.2, 0.25) is 5.91 Å². The molecule has 5 heteroatoms. The Balaban J connectivity index is 1.97. The van der Waals surface area contributed by atoms with Crippen molar-refractivity contribution in [3.05, 3.63) is 35.4 Å². The highest BCUT2D eigenvalue weighted by molar-refractivity contribution is 5.94. The fourth-order valence-corrected chi connectivity index (χ4v) is 2.10. The molecule has 2 rings (SSSR count). The number of nitrogens with one attached hydrogen (secondary N) is 1. The Morgan fingerprint density at radius 1 is 1.37 bits per heavy atom. The molecule has 1 atom stereocenters. The van der Waals surface area contributed by atoms with Crippen LogP contribution in [0.3, 0.4) is 0 Å². The van der Waals surface area contributed by atoms with Crippen LogP contribution < -0.4 is 5.32 Å². The lowest BCUT2D eigenvalue weighted by atomic mass is 10.1. The summed E-state index contributed by atoms with van der Waals surface area (Å²) < 4.78 is 0. The van der Waals surface area contributed by atoms with Gasteiger partial charge >= 0.3 is 0 Å². The minimum Gasteiger partial charge on any atom is -0.391 e. The van der Waals surface area contributed by atoms with Gasteiger partial charge in [-0.2, -0.15) is 0 Å². The number of likely N-dealkylation sites (tertiary alicyclic amines) is 1. The van der Waals surface area contributed by atoms with Crippen LogP contribution in [0, 0.1) is 0 Å². The Kier molecular flexibility index (Phi) is 4.16. The number of hydrogen-bond acceptors (Lipinski definition) is 3. The molecule has 5 nitrogen and oxygen atoms in total. The minimum atomic E-state index is -0.400. The maximum atomic E-state index is 12.1. The summed E-state index contributed by atoms with van der Waals surface area (Å²) >= 11 is 0. The molecule has 1 aromatic carbocycles. The van der Waals surface area contributed by atoms with E-state index in [4.69, 9.17) is 0 Å². The molecule has 0 saturated carbocycles. The second kappa shape index (κ2) is 5.84. The smallest absolute Gasteiger partial charge is 0.253 e. The van der Waals surface area contributed by atoms with E-state index in [1.807, 2.05) is 12.1 Å². The third-order valence-corrected chi connectivity index (χ3v) is 3.19. The van der Waals surface area contributed by atoms with E-state index in [2.05, 4.69) is 5.32 Å². The maximum Gasteiger partial charge on any atom is 0.253 e. The van der Waals surface area contributed by atoms with Crippen molar-refractivity contribution in [1.29, 1.82) is 0 Å². The van der Waals surface area contributed by atoms with Crippen molar-refractivity contribution in [3.63, 3.8) is 0 Å². The van der Waals surface area contributed by atoms with Gasteiger partial charge in [0.05, 0.1) is 6.10 Å². The van der Waals surface area contributed by atoms with Crippen molar-refractivity contribution in [2.75, 3.05) is 13.1 Å². The Morgan fingerprint density at radius 3 is 2.58 bits per heavy atom. The zero-order valence-electron chi connectivity index (χ0n) is 10.9. The van der Waals surface area contributed by atoms with Gasteiger partial charge in [-0.25, -0.2) is 0 Å². The number of hydrogen-bond donors (Lipinski definition) is 2. The van der Waals surface area contributed by atoms with Crippen molar-refractivity contribution < 1.29 is 14.7 Å². The summed E-state index contributed by atoms with van der Waals surface area (Å²) in [7, 11) is 0. The SMILES string of the molecule is CC(=O)NCc1ccc(C(=O)N2CC[C@@H](O)C2)cc1. The number of nitrogens with zero attached hydrogens (tertiary/aromatic N) is 1. The van der Waals surface area contributed by atoms with E-state index in [1.165, 1.54) is 6.92 Å². The summed E-state index contributed by atoms with van der Waals surface area (Å²) in [4.78, 5) is 24.6. The standard InChI is InChI=1S/C14H18N2O3/c1-10(17)15-8-11-2-4-12(5-3-11)14(19)16-7-6-13(18)9-16/h2-5,13,18H,6-9H2,1H3,(H,15,17)/t13-/m1/s1. The van der Waals surface area contributed by atoms with Gasteiger partial charge in [-0.3, -0.25) is 9.59 Å².